The van der Waals surface area contributed by atoms with Crippen molar-refractivity contribution in [3.8, 4) is 0 Å². The van der Waals surface area contributed by atoms with Crippen molar-refractivity contribution in [1.82, 2.24) is 0 Å². The van der Waals surface area contributed by atoms with E-state index in [1.165, 1.54) is 6.42 Å². The van der Waals surface area contributed by atoms with Gasteiger partial charge in [0.05, 0.1) is 4.99 Å². The van der Waals surface area contributed by atoms with Crippen LogP contribution >= 0.6 is 12.2 Å². The van der Waals surface area contributed by atoms with Gasteiger partial charge in [-0.15, -0.1) is 0 Å². The third-order valence-electron chi connectivity index (χ3n) is 0.963. The quantitative estimate of drug-likeness (QED) is 0.382. The van der Waals surface area contributed by atoms with Gasteiger partial charge in [0.2, 0.25) is 0 Å². The maximum absolute atomic E-state index is 5.22. The molecule has 0 bridgehead atoms. The summed E-state index contributed by atoms with van der Waals surface area (Å²) in [5.41, 5.74) is 5.22. The number of unbranched alkanes of at least 4 members (excludes halogenated alkanes) is 1. The summed E-state index contributed by atoms with van der Waals surface area (Å²) in [6, 6.07) is 0. The van der Waals surface area contributed by atoms with E-state index in [1.54, 1.807) is 6.08 Å². The summed E-state index contributed by atoms with van der Waals surface area (Å²) >= 11 is 4.63. The van der Waals surface area contributed by atoms with Gasteiger partial charge in [-0.2, -0.15) is 0 Å². The molecule has 2 N–H and O–H groups in total. The first-order valence-corrected chi connectivity index (χ1v) is 3.81. The first-order chi connectivity index (χ1) is 4.77. The zero-order chi connectivity index (χ0) is 7.82. The van der Waals surface area contributed by atoms with Crippen LogP contribution in [-0.2, 0) is 0 Å². The smallest absolute Gasteiger partial charge is 0.0961 e. The first-order valence-electron chi connectivity index (χ1n) is 3.40. The van der Waals surface area contributed by atoms with Crippen LogP contribution in [0, 0.1) is 0 Å². The molecule has 1 nitrogen and oxygen atoms in total. The van der Waals surface area contributed by atoms with E-state index in [2.05, 4.69) is 25.2 Å². The van der Waals surface area contributed by atoms with Crippen molar-refractivity contribution in [3.05, 3.63) is 24.3 Å². The largest absolute Gasteiger partial charge is 0.390 e. The molecule has 0 aromatic carbocycles. The van der Waals surface area contributed by atoms with Crippen molar-refractivity contribution >= 4 is 17.2 Å². The average Bonchev–Trinajstić information content (AvgIpc) is 1.87. The Morgan fingerprint density at radius 3 is 2.70 bits per heavy atom. The molecule has 0 amide bonds. The zero-order valence-corrected chi connectivity index (χ0v) is 7.03. The summed E-state index contributed by atoms with van der Waals surface area (Å²) < 4.78 is 0. The summed E-state index contributed by atoms with van der Waals surface area (Å²) in [6.45, 7) is 2.14. The molecule has 0 fully saturated rings. The van der Waals surface area contributed by atoms with Crippen molar-refractivity contribution < 1.29 is 0 Å². The molecule has 10 heavy (non-hydrogen) atoms. The number of nitrogens with two attached hydrogens (primary N) is 1. The lowest BCUT2D eigenvalue weighted by Crippen LogP contribution is -2.01. The Morgan fingerprint density at radius 1 is 1.50 bits per heavy atom. The predicted molar refractivity (Wildman–Crippen MR) is 50.0 cm³/mol. The fourth-order valence-corrected chi connectivity index (χ4v) is 0.570. The van der Waals surface area contributed by atoms with Gasteiger partial charge >= 0.3 is 0 Å². The highest BCUT2D eigenvalue weighted by molar-refractivity contribution is 7.80. The van der Waals surface area contributed by atoms with Gasteiger partial charge in [-0.1, -0.05) is 43.8 Å². The molecule has 0 atom stereocenters. The van der Waals surface area contributed by atoms with Crippen LogP contribution in [-0.4, -0.2) is 4.99 Å². The number of hydrogen-bond acceptors (Lipinski definition) is 1. The Hall–Kier alpha value is -0.630. The van der Waals surface area contributed by atoms with E-state index in [4.69, 9.17) is 5.73 Å². The van der Waals surface area contributed by atoms with E-state index < -0.39 is 0 Å². The van der Waals surface area contributed by atoms with Gasteiger partial charge in [-0.25, -0.2) is 0 Å². The highest BCUT2D eigenvalue weighted by Crippen LogP contribution is 1.88. The summed E-state index contributed by atoms with van der Waals surface area (Å²) in [6.07, 6.45) is 9.91. The van der Waals surface area contributed by atoms with Crippen LogP contribution in [0.25, 0.3) is 0 Å². The number of hydrogen-bond donors (Lipinski definition) is 1. The molecule has 0 heterocycles. The van der Waals surface area contributed by atoms with Gasteiger partial charge in [0.1, 0.15) is 0 Å². The van der Waals surface area contributed by atoms with Crippen molar-refractivity contribution in [3.63, 3.8) is 0 Å². The Morgan fingerprint density at radius 2 is 2.20 bits per heavy atom. The molecule has 0 aliphatic carbocycles. The van der Waals surface area contributed by atoms with Gasteiger partial charge in [0.25, 0.3) is 0 Å². The van der Waals surface area contributed by atoms with Gasteiger partial charge in [-0.05, 0) is 12.5 Å². The summed E-state index contributed by atoms with van der Waals surface area (Å²) in [4.78, 5) is 0.432. The molecular formula is C8H13NS. The highest BCUT2D eigenvalue weighted by atomic mass is 32.1. The van der Waals surface area contributed by atoms with E-state index in [9.17, 15) is 0 Å². The standard InChI is InChI=1S/C8H13NS/c1-2-3-4-5-6-7-8(9)10/h4-7H,2-3H2,1H3,(H2,9,10). The lowest BCUT2D eigenvalue weighted by molar-refractivity contribution is 0.959. The van der Waals surface area contributed by atoms with Crippen LogP contribution in [0.3, 0.4) is 0 Å². The SMILES string of the molecule is CCCC=CC=CC(N)=S. The van der Waals surface area contributed by atoms with Gasteiger partial charge < -0.3 is 5.73 Å². The third-order valence-corrected chi connectivity index (χ3v) is 1.10. The van der Waals surface area contributed by atoms with Gasteiger partial charge in [-0.3, -0.25) is 0 Å². The Labute approximate surface area is 67.6 Å². The Bertz CT molecular complexity index is 147. The van der Waals surface area contributed by atoms with Gasteiger partial charge in [0, 0.05) is 0 Å². The van der Waals surface area contributed by atoms with Crippen molar-refractivity contribution in [2.75, 3.05) is 0 Å². The molecule has 0 aliphatic heterocycles. The molecule has 0 rings (SSSR count). The molecule has 2 heteroatoms. The molecular weight excluding hydrogens is 142 g/mol. The first kappa shape index (κ1) is 9.37. The summed E-state index contributed by atoms with van der Waals surface area (Å²) in [5, 5.41) is 0. The summed E-state index contributed by atoms with van der Waals surface area (Å²) in [5.74, 6) is 0. The molecule has 0 aromatic rings. The minimum absolute atomic E-state index is 0.432. The van der Waals surface area contributed by atoms with Crippen molar-refractivity contribution in [1.29, 1.82) is 0 Å². The number of thiocarbonyl (C=S) groups is 1. The monoisotopic (exact) mass is 155 g/mol. The topological polar surface area (TPSA) is 26.0 Å². The van der Waals surface area contributed by atoms with E-state index in [1.807, 2.05) is 12.2 Å². The fourth-order valence-electron chi connectivity index (χ4n) is 0.492. The van der Waals surface area contributed by atoms with Crippen LogP contribution in [0.2, 0.25) is 0 Å². The fraction of sp³-hybridized carbons (Fsp3) is 0.375. The molecule has 56 valence electrons. The number of rotatable bonds is 4. The average molecular weight is 155 g/mol. The molecule has 0 aliphatic rings. The molecule has 0 saturated carbocycles. The molecule has 0 unspecified atom stereocenters. The molecule has 0 radical (unpaired) electrons. The van der Waals surface area contributed by atoms with Gasteiger partial charge in [0.15, 0.2) is 0 Å². The van der Waals surface area contributed by atoms with Crippen LogP contribution < -0.4 is 5.73 Å². The van der Waals surface area contributed by atoms with Crippen LogP contribution in [0.1, 0.15) is 19.8 Å². The minimum Gasteiger partial charge on any atom is -0.390 e. The van der Waals surface area contributed by atoms with Crippen LogP contribution in [0.5, 0.6) is 0 Å². The second-order valence-electron chi connectivity index (χ2n) is 1.98. The zero-order valence-electron chi connectivity index (χ0n) is 6.21. The predicted octanol–water partition coefficient (Wildman–Crippen LogP) is 2.19. The lowest BCUT2D eigenvalue weighted by Gasteiger charge is -1.81. The Balaban J connectivity index is 3.42. The molecule has 0 saturated heterocycles. The third kappa shape index (κ3) is 7.37. The molecule has 0 aromatic heterocycles. The van der Waals surface area contributed by atoms with E-state index >= 15 is 0 Å². The van der Waals surface area contributed by atoms with E-state index in [0.29, 0.717) is 4.99 Å². The number of allylic oxidation sites excluding steroid dienone is 3. The normalized spacial score (nSPS) is 11.3. The van der Waals surface area contributed by atoms with E-state index in [-0.39, 0.29) is 0 Å². The maximum atomic E-state index is 5.22. The summed E-state index contributed by atoms with van der Waals surface area (Å²) in [7, 11) is 0. The Kier molecular flexibility index (Phi) is 6.08. The van der Waals surface area contributed by atoms with Crippen molar-refractivity contribution in [2.24, 2.45) is 5.73 Å². The second kappa shape index (κ2) is 6.49. The lowest BCUT2D eigenvalue weighted by atomic mass is 10.3. The highest BCUT2D eigenvalue weighted by Gasteiger charge is 1.72. The maximum Gasteiger partial charge on any atom is 0.0961 e. The minimum atomic E-state index is 0.432. The molecule has 0 spiro atoms. The van der Waals surface area contributed by atoms with Crippen LogP contribution in [0.4, 0.5) is 0 Å². The van der Waals surface area contributed by atoms with E-state index in [0.717, 1.165) is 6.42 Å². The van der Waals surface area contributed by atoms with Crippen molar-refractivity contribution in [2.45, 2.75) is 19.8 Å². The second-order valence-corrected chi connectivity index (χ2v) is 2.45. The van der Waals surface area contributed by atoms with Crippen LogP contribution in [0.15, 0.2) is 24.3 Å².